The fourth-order valence-electron chi connectivity index (χ4n) is 1.01. The Balaban J connectivity index is 3.74. The number of carbonyl (C=O) groups is 1. The van der Waals surface area contributed by atoms with Crippen LogP contribution in [0, 0.1) is 5.92 Å². The molecular weight excluding hydrogens is 222 g/mol. The molecule has 1 amide bonds. The summed E-state index contributed by atoms with van der Waals surface area (Å²) in [7, 11) is 0. The van der Waals surface area contributed by atoms with Gasteiger partial charge in [-0.05, 0) is 12.3 Å². The zero-order valence-electron chi connectivity index (χ0n) is 7.51. The number of amides is 1. The molecule has 2 N–H and O–H groups in total. The summed E-state index contributed by atoms with van der Waals surface area (Å²) in [6, 6.07) is -0.102. The first kappa shape index (κ1) is 11.9. The lowest BCUT2D eigenvalue weighted by Crippen LogP contribution is -2.38. The van der Waals surface area contributed by atoms with Gasteiger partial charge in [-0.2, -0.15) is 0 Å². The van der Waals surface area contributed by atoms with Crippen LogP contribution in [-0.4, -0.2) is 29.0 Å². The van der Waals surface area contributed by atoms with Crippen LogP contribution in [0.3, 0.4) is 0 Å². The highest BCUT2D eigenvalue weighted by Crippen LogP contribution is 2.03. The van der Waals surface area contributed by atoms with E-state index in [2.05, 4.69) is 35.1 Å². The lowest BCUT2D eigenvalue weighted by molar-refractivity contribution is -0.119. The van der Waals surface area contributed by atoms with Crippen molar-refractivity contribution < 1.29 is 9.90 Å². The monoisotopic (exact) mass is 237 g/mol. The van der Waals surface area contributed by atoms with Crippen molar-refractivity contribution in [1.82, 2.24) is 5.32 Å². The number of nitrogens with one attached hydrogen (secondary N) is 1. The summed E-state index contributed by atoms with van der Waals surface area (Å²) in [5.74, 6) is 0.410. The van der Waals surface area contributed by atoms with Crippen LogP contribution in [0.25, 0.3) is 0 Å². The topological polar surface area (TPSA) is 49.3 Å². The van der Waals surface area contributed by atoms with Crippen molar-refractivity contribution in [3.8, 4) is 0 Å². The third-order valence-corrected chi connectivity index (χ3v) is 1.97. The quantitative estimate of drug-likeness (QED) is 0.699. The molecule has 0 fully saturated rings. The van der Waals surface area contributed by atoms with Crippen molar-refractivity contribution in [3.63, 3.8) is 0 Å². The minimum Gasteiger partial charge on any atom is -0.394 e. The normalized spacial score (nSPS) is 13.1. The van der Waals surface area contributed by atoms with E-state index in [0.29, 0.717) is 11.2 Å². The highest BCUT2D eigenvalue weighted by molar-refractivity contribution is 9.09. The Morgan fingerprint density at radius 1 is 1.58 bits per heavy atom. The van der Waals surface area contributed by atoms with Gasteiger partial charge >= 0.3 is 0 Å². The van der Waals surface area contributed by atoms with Gasteiger partial charge in [0.1, 0.15) is 0 Å². The van der Waals surface area contributed by atoms with Gasteiger partial charge in [-0.25, -0.2) is 0 Å². The molecule has 0 aromatic carbocycles. The average Bonchev–Trinajstić information content (AvgIpc) is 2.02. The first-order chi connectivity index (χ1) is 5.60. The number of aliphatic hydroxyl groups is 1. The number of carbonyl (C=O) groups excluding carboxylic acids is 1. The van der Waals surface area contributed by atoms with E-state index >= 15 is 0 Å². The first-order valence-corrected chi connectivity index (χ1v) is 5.18. The van der Waals surface area contributed by atoms with Crippen molar-refractivity contribution in [1.29, 1.82) is 0 Å². The first-order valence-electron chi connectivity index (χ1n) is 4.06. The average molecular weight is 238 g/mol. The summed E-state index contributed by atoms with van der Waals surface area (Å²) in [5.41, 5.74) is 0. The third-order valence-electron chi connectivity index (χ3n) is 1.46. The summed E-state index contributed by atoms with van der Waals surface area (Å²) in [6.07, 6.45) is 0.815. The largest absolute Gasteiger partial charge is 0.394 e. The van der Waals surface area contributed by atoms with E-state index in [9.17, 15) is 4.79 Å². The molecule has 0 heterocycles. The summed E-state index contributed by atoms with van der Waals surface area (Å²) >= 11 is 3.05. The number of halogens is 1. The molecule has 0 aliphatic rings. The van der Waals surface area contributed by atoms with Crippen LogP contribution in [0.2, 0.25) is 0 Å². The van der Waals surface area contributed by atoms with Crippen LogP contribution in [0.15, 0.2) is 0 Å². The van der Waals surface area contributed by atoms with E-state index in [1.54, 1.807) is 0 Å². The molecule has 0 radical (unpaired) electrons. The fourth-order valence-corrected chi connectivity index (χ4v) is 1.18. The molecule has 0 aliphatic heterocycles. The molecule has 12 heavy (non-hydrogen) atoms. The van der Waals surface area contributed by atoms with Crippen molar-refractivity contribution in [2.45, 2.75) is 26.3 Å². The Kier molecular flexibility index (Phi) is 6.38. The van der Waals surface area contributed by atoms with Gasteiger partial charge in [-0.3, -0.25) is 4.79 Å². The Morgan fingerprint density at radius 2 is 2.17 bits per heavy atom. The van der Waals surface area contributed by atoms with Crippen LogP contribution in [0.1, 0.15) is 20.3 Å². The molecule has 0 saturated heterocycles. The van der Waals surface area contributed by atoms with Crippen LogP contribution in [-0.2, 0) is 4.79 Å². The SMILES string of the molecule is CC(C)CC(CO)NC(=O)CBr. The van der Waals surface area contributed by atoms with E-state index in [1.165, 1.54) is 0 Å². The summed E-state index contributed by atoms with van der Waals surface area (Å²) < 4.78 is 0. The molecule has 3 nitrogen and oxygen atoms in total. The lowest BCUT2D eigenvalue weighted by Gasteiger charge is -2.17. The maximum atomic E-state index is 10.9. The molecule has 0 spiro atoms. The van der Waals surface area contributed by atoms with Gasteiger partial charge in [0.25, 0.3) is 0 Å². The van der Waals surface area contributed by atoms with Gasteiger partial charge in [0.05, 0.1) is 18.0 Å². The standard InChI is InChI=1S/C8H16BrNO2/c1-6(2)3-7(5-11)10-8(12)4-9/h6-7,11H,3-5H2,1-2H3,(H,10,12). The molecule has 0 rings (SSSR count). The van der Waals surface area contributed by atoms with Gasteiger partial charge in [0, 0.05) is 0 Å². The van der Waals surface area contributed by atoms with E-state index in [-0.39, 0.29) is 18.6 Å². The van der Waals surface area contributed by atoms with Crippen molar-refractivity contribution in [2.24, 2.45) is 5.92 Å². The predicted octanol–water partition coefficient (Wildman–Crippen LogP) is 0.905. The maximum Gasteiger partial charge on any atom is 0.230 e. The van der Waals surface area contributed by atoms with E-state index in [0.717, 1.165) is 6.42 Å². The van der Waals surface area contributed by atoms with Crippen LogP contribution < -0.4 is 5.32 Å². The fraction of sp³-hybridized carbons (Fsp3) is 0.875. The lowest BCUT2D eigenvalue weighted by atomic mass is 10.0. The Morgan fingerprint density at radius 3 is 2.50 bits per heavy atom. The van der Waals surface area contributed by atoms with Gasteiger partial charge in [0.2, 0.25) is 5.91 Å². The number of alkyl halides is 1. The van der Waals surface area contributed by atoms with E-state index < -0.39 is 0 Å². The predicted molar refractivity (Wildman–Crippen MR) is 52.3 cm³/mol. The van der Waals surface area contributed by atoms with Crippen LogP contribution in [0.4, 0.5) is 0 Å². The molecule has 0 saturated carbocycles. The number of hydrogen-bond donors (Lipinski definition) is 2. The smallest absolute Gasteiger partial charge is 0.230 e. The Hall–Kier alpha value is -0.0900. The molecule has 4 heteroatoms. The maximum absolute atomic E-state index is 10.9. The summed E-state index contributed by atoms with van der Waals surface area (Å²) in [4.78, 5) is 10.9. The summed E-state index contributed by atoms with van der Waals surface area (Å²) in [6.45, 7) is 4.13. The van der Waals surface area contributed by atoms with Crippen LogP contribution >= 0.6 is 15.9 Å². The van der Waals surface area contributed by atoms with E-state index in [4.69, 9.17) is 5.11 Å². The summed E-state index contributed by atoms with van der Waals surface area (Å²) in [5, 5.41) is 11.9. The Labute approximate surface area is 81.7 Å². The van der Waals surface area contributed by atoms with Gasteiger partial charge < -0.3 is 10.4 Å². The minimum atomic E-state index is -0.102. The number of aliphatic hydroxyl groups excluding tert-OH is 1. The molecule has 0 aromatic heterocycles. The molecular formula is C8H16BrNO2. The van der Waals surface area contributed by atoms with Crippen LogP contribution in [0.5, 0.6) is 0 Å². The second-order valence-corrected chi connectivity index (χ2v) is 3.77. The third kappa shape index (κ3) is 5.55. The Bertz CT molecular complexity index is 139. The molecule has 1 unspecified atom stereocenters. The molecule has 0 bridgehead atoms. The molecule has 0 aliphatic carbocycles. The zero-order chi connectivity index (χ0) is 9.56. The van der Waals surface area contributed by atoms with Gasteiger partial charge in [0.15, 0.2) is 0 Å². The van der Waals surface area contributed by atoms with Crippen molar-refractivity contribution in [2.75, 3.05) is 11.9 Å². The molecule has 72 valence electrons. The molecule has 0 aromatic rings. The van der Waals surface area contributed by atoms with Gasteiger partial charge in [-0.1, -0.05) is 29.8 Å². The van der Waals surface area contributed by atoms with Crippen molar-refractivity contribution in [3.05, 3.63) is 0 Å². The zero-order valence-corrected chi connectivity index (χ0v) is 9.10. The number of rotatable bonds is 5. The number of hydrogen-bond acceptors (Lipinski definition) is 2. The van der Waals surface area contributed by atoms with Gasteiger partial charge in [-0.15, -0.1) is 0 Å². The minimum absolute atomic E-state index is 0.0108. The second kappa shape index (κ2) is 6.43. The highest BCUT2D eigenvalue weighted by Gasteiger charge is 2.11. The van der Waals surface area contributed by atoms with E-state index in [1.807, 2.05) is 0 Å². The second-order valence-electron chi connectivity index (χ2n) is 3.21. The molecule has 1 atom stereocenters. The van der Waals surface area contributed by atoms with Crippen molar-refractivity contribution >= 4 is 21.8 Å². The highest BCUT2D eigenvalue weighted by atomic mass is 79.9.